The number of benzene rings is 1. The fourth-order valence-electron chi connectivity index (χ4n) is 1.47. The highest BCUT2D eigenvalue weighted by molar-refractivity contribution is 9.12. The van der Waals surface area contributed by atoms with Crippen LogP contribution in [0.25, 0.3) is 0 Å². The first-order chi connectivity index (χ1) is 8.88. The molecule has 7 heteroatoms. The number of nitrogens with one attached hydrogen (secondary N) is 1. The van der Waals surface area contributed by atoms with Gasteiger partial charge in [0, 0.05) is 5.69 Å². The molecular formula is C12H7Br3FNOS. The topological polar surface area (TPSA) is 29.1 Å². The molecule has 0 atom stereocenters. The minimum Gasteiger partial charge on any atom is -0.322 e. The molecule has 19 heavy (non-hydrogen) atoms. The first-order valence-corrected chi connectivity index (χ1v) is 8.30. The maximum atomic E-state index is 13.5. The van der Waals surface area contributed by atoms with Gasteiger partial charge in [-0.2, -0.15) is 0 Å². The van der Waals surface area contributed by atoms with Crippen molar-refractivity contribution in [2.75, 3.05) is 5.32 Å². The minimum atomic E-state index is -0.411. The number of rotatable bonds is 2. The van der Waals surface area contributed by atoms with E-state index in [1.54, 1.807) is 19.1 Å². The van der Waals surface area contributed by atoms with Gasteiger partial charge in [-0.3, -0.25) is 4.79 Å². The van der Waals surface area contributed by atoms with Crippen LogP contribution in [-0.4, -0.2) is 5.91 Å². The predicted molar refractivity (Wildman–Crippen MR) is 86.5 cm³/mol. The van der Waals surface area contributed by atoms with Crippen molar-refractivity contribution in [2.24, 2.45) is 0 Å². The van der Waals surface area contributed by atoms with E-state index < -0.39 is 5.82 Å². The Morgan fingerprint density at radius 2 is 1.95 bits per heavy atom. The zero-order chi connectivity index (χ0) is 14.2. The van der Waals surface area contributed by atoms with Crippen LogP contribution >= 0.6 is 59.1 Å². The average Bonchev–Trinajstić information content (AvgIpc) is 2.65. The summed E-state index contributed by atoms with van der Waals surface area (Å²) in [5.41, 5.74) is 1.76. The fraction of sp³-hybridized carbons (Fsp3) is 0.0833. The summed E-state index contributed by atoms with van der Waals surface area (Å²) in [4.78, 5) is 12.1. The number of anilines is 1. The van der Waals surface area contributed by atoms with E-state index in [4.69, 9.17) is 0 Å². The van der Waals surface area contributed by atoms with E-state index >= 15 is 0 Å². The molecular weight excluding hydrogens is 465 g/mol. The summed E-state index contributed by atoms with van der Waals surface area (Å²) in [7, 11) is 0. The molecule has 2 rings (SSSR count). The van der Waals surface area contributed by atoms with E-state index in [2.05, 4.69) is 53.1 Å². The van der Waals surface area contributed by atoms with Crippen LogP contribution in [0.1, 0.15) is 15.9 Å². The van der Waals surface area contributed by atoms with Crippen molar-refractivity contribution >= 4 is 70.7 Å². The summed E-state index contributed by atoms with van der Waals surface area (Å²) < 4.78 is 15.4. The summed E-state index contributed by atoms with van der Waals surface area (Å²) >= 11 is 11.2. The molecule has 0 saturated heterocycles. The van der Waals surface area contributed by atoms with Gasteiger partial charge in [-0.05, 0) is 78.5 Å². The third kappa shape index (κ3) is 3.45. The molecule has 0 spiro atoms. The molecule has 0 radical (unpaired) electrons. The third-order valence-corrected chi connectivity index (χ3v) is 5.36. The zero-order valence-corrected chi connectivity index (χ0v) is 15.1. The Labute approximate surface area is 138 Å². The highest BCUT2D eigenvalue weighted by Gasteiger charge is 2.15. The van der Waals surface area contributed by atoms with Crippen molar-refractivity contribution in [3.63, 3.8) is 0 Å². The lowest BCUT2D eigenvalue weighted by atomic mass is 10.2. The van der Waals surface area contributed by atoms with Crippen LogP contribution in [0.2, 0.25) is 0 Å². The predicted octanol–water partition coefficient (Wildman–Crippen LogP) is 5.74. The lowest BCUT2D eigenvalue weighted by Gasteiger charge is -2.09. The van der Waals surface area contributed by atoms with E-state index in [-0.39, 0.29) is 5.91 Å². The van der Waals surface area contributed by atoms with Crippen molar-refractivity contribution in [1.29, 1.82) is 0 Å². The highest BCUT2D eigenvalue weighted by Crippen LogP contribution is 2.32. The largest absolute Gasteiger partial charge is 0.322 e. The molecule has 0 unspecified atom stereocenters. The fourth-order valence-corrected chi connectivity index (χ4v) is 4.72. The SMILES string of the molecule is Cc1cc(Br)c(F)cc1NC(=O)c1cc(Br)sc1Br. The lowest BCUT2D eigenvalue weighted by Crippen LogP contribution is -2.12. The quantitative estimate of drug-likeness (QED) is 0.595. The summed E-state index contributed by atoms with van der Waals surface area (Å²) in [6.07, 6.45) is 0. The molecule has 0 aliphatic rings. The van der Waals surface area contributed by atoms with E-state index in [0.717, 1.165) is 13.1 Å². The second-order valence-electron chi connectivity index (χ2n) is 3.77. The average molecular weight is 472 g/mol. The van der Waals surface area contributed by atoms with Gasteiger partial charge in [0.15, 0.2) is 0 Å². The standard InChI is InChI=1S/C12H7Br3FNOS/c1-5-2-7(13)8(16)4-9(5)17-12(18)6-3-10(14)19-11(6)15/h2-4H,1H3,(H,17,18). The maximum absolute atomic E-state index is 13.5. The molecule has 100 valence electrons. The minimum absolute atomic E-state index is 0.279. The Balaban J connectivity index is 2.29. The number of amides is 1. The monoisotopic (exact) mass is 469 g/mol. The molecule has 1 heterocycles. The van der Waals surface area contributed by atoms with Gasteiger partial charge in [-0.25, -0.2) is 4.39 Å². The van der Waals surface area contributed by atoms with Gasteiger partial charge in [0.25, 0.3) is 5.91 Å². The van der Waals surface area contributed by atoms with E-state index in [1.807, 2.05) is 0 Å². The molecule has 2 nitrogen and oxygen atoms in total. The molecule has 0 fully saturated rings. The Hall–Kier alpha value is -0.240. The summed E-state index contributed by atoms with van der Waals surface area (Å²) in [5, 5.41) is 2.70. The Bertz CT molecular complexity index is 657. The van der Waals surface area contributed by atoms with Crippen LogP contribution in [0.3, 0.4) is 0 Å². The number of aryl methyl sites for hydroxylation is 1. The first-order valence-electron chi connectivity index (χ1n) is 5.10. The molecule has 0 aliphatic heterocycles. The van der Waals surface area contributed by atoms with Crippen molar-refractivity contribution in [3.05, 3.63) is 47.2 Å². The van der Waals surface area contributed by atoms with Crippen molar-refractivity contribution in [2.45, 2.75) is 6.92 Å². The van der Waals surface area contributed by atoms with Crippen molar-refractivity contribution < 1.29 is 9.18 Å². The summed E-state index contributed by atoms with van der Waals surface area (Å²) in [6, 6.07) is 4.64. The van der Waals surface area contributed by atoms with Gasteiger partial charge in [0.05, 0.1) is 17.6 Å². The lowest BCUT2D eigenvalue weighted by molar-refractivity contribution is 0.102. The van der Waals surface area contributed by atoms with Gasteiger partial charge < -0.3 is 5.32 Å². The molecule has 1 amide bonds. The number of carbonyl (C=O) groups is 1. The van der Waals surface area contributed by atoms with Gasteiger partial charge in [-0.1, -0.05) is 0 Å². The Morgan fingerprint density at radius 1 is 1.26 bits per heavy atom. The second-order valence-corrected chi connectivity index (χ2v) is 8.38. The number of hydrogen-bond donors (Lipinski definition) is 1. The van der Waals surface area contributed by atoms with Crippen molar-refractivity contribution in [3.8, 4) is 0 Å². The van der Waals surface area contributed by atoms with E-state index in [9.17, 15) is 9.18 Å². The van der Waals surface area contributed by atoms with Crippen LogP contribution in [0, 0.1) is 12.7 Å². The van der Waals surface area contributed by atoms with Crippen LogP contribution in [0.4, 0.5) is 10.1 Å². The van der Waals surface area contributed by atoms with Gasteiger partial charge >= 0.3 is 0 Å². The second kappa shape index (κ2) is 6.03. The summed E-state index contributed by atoms with van der Waals surface area (Å²) in [5.74, 6) is -0.690. The van der Waals surface area contributed by atoms with Gasteiger partial charge in [0.1, 0.15) is 5.82 Å². The Morgan fingerprint density at radius 3 is 2.53 bits per heavy atom. The van der Waals surface area contributed by atoms with Crippen molar-refractivity contribution in [1.82, 2.24) is 0 Å². The van der Waals surface area contributed by atoms with Crippen LogP contribution in [0.15, 0.2) is 30.2 Å². The molecule has 1 aromatic carbocycles. The van der Waals surface area contributed by atoms with Crippen LogP contribution < -0.4 is 5.32 Å². The number of thiophene rings is 1. The van der Waals surface area contributed by atoms with E-state index in [0.29, 0.717) is 15.7 Å². The normalized spacial score (nSPS) is 10.6. The molecule has 1 aromatic heterocycles. The third-order valence-electron chi connectivity index (χ3n) is 2.42. The Kier molecular flexibility index (Phi) is 4.81. The molecule has 0 bridgehead atoms. The molecule has 1 N–H and O–H groups in total. The zero-order valence-electron chi connectivity index (χ0n) is 9.56. The highest BCUT2D eigenvalue weighted by atomic mass is 79.9. The number of halogens is 4. The molecule has 0 aliphatic carbocycles. The van der Waals surface area contributed by atoms with Gasteiger partial charge in [0.2, 0.25) is 0 Å². The molecule has 0 saturated carbocycles. The number of carbonyl (C=O) groups excluding carboxylic acids is 1. The molecule has 2 aromatic rings. The van der Waals surface area contributed by atoms with Gasteiger partial charge in [-0.15, -0.1) is 11.3 Å². The maximum Gasteiger partial charge on any atom is 0.257 e. The first kappa shape index (κ1) is 15.2. The van der Waals surface area contributed by atoms with Crippen LogP contribution in [-0.2, 0) is 0 Å². The van der Waals surface area contributed by atoms with Crippen LogP contribution in [0.5, 0.6) is 0 Å². The smallest absolute Gasteiger partial charge is 0.257 e. The summed E-state index contributed by atoms with van der Waals surface area (Å²) in [6.45, 7) is 1.80. The number of hydrogen-bond acceptors (Lipinski definition) is 2. The van der Waals surface area contributed by atoms with E-state index in [1.165, 1.54) is 17.4 Å².